The highest BCUT2D eigenvalue weighted by Crippen LogP contribution is 2.17. The van der Waals surface area contributed by atoms with E-state index in [9.17, 15) is 0 Å². The van der Waals surface area contributed by atoms with E-state index in [0.717, 1.165) is 24.2 Å². The quantitative estimate of drug-likeness (QED) is 0.706. The maximum atomic E-state index is 4.22. The van der Waals surface area contributed by atoms with Crippen LogP contribution in [0.4, 0.5) is 0 Å². The van der Waals surface area contributed by atoms with E-state index in [-0.39, 0.29) is 0 Å². The van der Waals surface area contributed by atoms with Gasteiger partial charge in [-0.15, -0.1) is 0 Å². The maximum Gasteiger partial charge on any atom is 0.100 e. The van der Waals surface area contributed by atoms with Crippen LogP contribution in [0.3, 0.4) is 0 Å². The molecule has 0 fully saturated rings. The summed E-state index contributed by atoms with van der Waals surface area (Å²) in [7, 11) is 0. The predicted octanol–water partition coefficient (Wildman–Crippen LogP) is 3.47. The number of nitrogens with zero attached hydrogens (tertiary/aromatic N) is 2. The summed E-state index contributed by atoms with van der Waals surface area (Å²) in [6.45, 7) is 6.16. The second-order valence-corrected chi connectivity index (χ2v) is 3.29. The van der Waals surface area contributed by atoms with Crippen LogP contribution in [0, 0.1) is 0 Å². The van der Waals surface area contributed by atoms with Gasteiger partial charge in [-0.1, -0.05) is 38.5 Å². The molecule has 0 bridgehead atoms. The van der Waals surface area contributed by atoms with Crippen molar-refractivity contribution in [3.05, 3.63) is 29.1 Å². The van der Waals surface area contributed by atoms with Crippen molar-refractivity contribution in [1.29, 1.82) is 0 Å². The Balaban J connectivity index is 0.000000461. The standard InChI is InChI=1S/C9H10N2S.C2H6/c1-2-7-3-5-8-9(6-4-7)11-12-10-8;1-2/h3-5H,2,6H2,1H3;1-2H3. The lowest BCUT2D eigenvalue weighted by molar-refractivity contribution is 1.10. The van der Waals surface area contributed by atoms with Gasteiger partial charge in [0.05, 0.1) is 17.4 Å². The molecule has 1 aromatic heterocycles. The molecule has 0 spiro atoms. The molecule has 0 amide bonds. The van der Waals surface area contributed by atoms with Gasteiger partial charge in [0.25, 0.3) is 0 Å². The van der Waals surface area contributed by atoms with E-state index in [1.54, 1.807) is 0 Å². The molecule has 2 nitrogen and oxygen atoms in total. The summed E-state index contributed by atoms with van der Waals surface area (Å²) >= 11 is 1.29. The van der Waals surface area contributed by atoms with Crippen LogP contribution < -0.4 is 0 Å². The number of hydrogen-bond donors (Lipinski definition) is 0. The predicted molar refractivity (Wildman–Crippen MR) is 62.4 cm³/mol. The Morgan fingerprint density at radius 3 is 2.79 bits per heavy atom. The first-order valence-electron chi connectivity index (χ1n) is 5.08. The van der Waals surface area contributed by atoms with Crippen molar-refractivity contribution in [2.45, 2.75) is 33.6 Å². The molecule has 2 rings (SSSR count). The van der Waals surface area contributed by atoms with E-state index in [1.165, 1.54) is 17.3 Å². The Morgan fingerprint density at radius 2 is 2.07 bits per heavy atom. The monoisotopic (exact) mass is 208 g/mol. The van der Waals surface area contributed by atoms with Crippen molar-refractivity contribution >= 4 is 17.8 Å². The molecular weight excluding hydrogens is 192 g/mol. The summed E-state index contributed by atoms with van der Waals surface area (Å²) in [6, 6.07) is 0. The van der Waals surface area contributed by atoms with Crippen LogP contribution >= 0.6 is 11.7 Å². The summed E-state index contributed by atoms with van der Waals surface area (Å²) in [5.41, 5.74) is 3.53. The molecule has 0 radical (unpaired) electrons. The van der Waals surface area contributed by atoms with Gasteiger partial charge in [-0.3, -0.25) is 0 Å². The van der Waals surface area contributed by atoms with E-state index in [1.807, 2.05) is 13.8 Å². The van der Waals surface area contributed by atoms with Crippen LogP contribution in [0.5, 0.6) is 0 Å². The van der Waals surface area contributed by atoms with E-state index in [2.05, 4.69) is 33.9 Å². The van der Waals surface area contributed by atoms with Crippen molar-refractivity contribution < 1.29 is 0 Å². The van der Waals surface area contributed by atoms with Crippen molar-refractivity contribution in [3.63, 3.8) is 0 Å². The number of aromatic nitrogens is 2. The van der Waals surface area contributed by atoms with Gasteiger partial charge in [-0.2, -0.15) is 8.75 Å². The molecule has 0 aromatic carbocycles. The Kier molecular flexibility index (Phi) is 4.53. The minimum Gasteiger partial charge on any atom is -0.177 e. The van der Waals surface area contributed by atoms with Gasteiger partial charge in [0, 0.05) is 6.42 Å². The fourth-order valence-corrected chi connectivity index (χ4v) is 1.79. The third-order valence-electron chi connectivity index (χ3n) is 2.01. The third kappa shape index (κ3) is 2.51. The fraction of sp³-hybridized carbons (Fsp3) is 0.455. The van der Waals surface area contributed by atoms with Crippen molar-refractivity contribution in [3.8, 4) is 0 Å². The summed E-state index contributed by atoms with van der Waals surface area (Å²) in [4.78, 5) is 0. The molecule has 1 aliphatic rings. The minimum atomic E-state index is 0.933. The minimum absolute atomic E-state index is 0.933. The first kappa shape index (κ1) is 11.1. The maximum absolute atomic E-state index is 4.22. The van der Waals surface area contributed by atoms with Crippen LogP contribution in [0.15, 0.2) is 17.7 Å². The molecule has 1 heterocycles. The van der Waals surface area contributed by atoms with E-state index < -0.39 is 0 Å². The van der Waals surface area contributed by atoms with Gasteiger partial charge in [-0.05, 0) is 12.5 Å². The molecule has 0 N–H and O–H groups in total. The molecule has 0 aliphatic heterocycles. The van der Waals surface area contributed by atoms with Crippen LogP contribution in [-0.2, 0) is 6.42 Å². The first-order chi connectivity index (χ1) is 6.90. The molecule has 14 heavy (non-hydrogen) atoms. The molecule has 1 aromatic rings. The fourth-order valence-electron chi connectivity index (χ4n) is 1.23. The summed E-state index contributed by atoms with van der Waals surface area (Å²) in [5, 5.41) is 0. The zero-order valence-electron chi connectivity index (χ0n) is 8.95. The Morgan fingerprint density at radius 1 is 1.29 bits per heavy atom. The number of rotatable bonds is 1. The van der Waals surface area contributed by atoms with Gasteiger partial charge >= 0.3 is 0 Å². The SMILES string of the molecule is CC.CCC1=CCc2nsnc2C=C1. The van der Waals surface area contributed by atoms with Crippen molar-refractivity contribution in [2.75, 3.05) is 0 Å². The van der Waals surface area contributed by atoms with Crippen LogP contribution in [0.1, 0.15) is 38.6 Å². The second-order valence-electron chi connectivity index (χ2n) is 2.77. The van der Waals surface area contributed by atoms with Crippen LogP contribution in [-0.4, -0.2) is 8.75 Å². The molecule has 3 heteroatoms. The Labute approximate surface area is 89.7 Å². The molecule has 0 saturated carbocycles. The first-order valence-corrected chi connectivity index (χ1v) is 5.81. The topological polar surface area (TPSA) is 25.8 Å². The zero-order chi connectivity index (χ0) is 10.4. The van der Waals surface area contributed by atoms with E-state index >= 15 is 0 Å². The lowest BCUT2D eigenvalue weighted by Crippen LogP contribution is -1.83. The lowest BCUT2D eigenvalue weighted by Gasteiger charge is -1.91. The highest BCUT2D eigenvalue weighted by Gasteiger charge is 2.06. The van der Waals surface area contributed by atoms with Gasteiger partial charge in [0.2, 0.25) is 0 Å². The average molecular weight is 208 g/mol. The van der Waals surface area contributed by atoms with Crippen LogP contribution in [0.25, 0.3) is 6.08 Å². The molecule has 0 unspecified atom stereocenters. The summed E-state index contributed by atoms with van der Waals surface area (Å²) in [5.74, 6) is 0. The zero-order valence-corrected chi connectivity index (χ0v) is 9.77. The molecule has 0 atom stereocenters. The largest absolute Gasteiger partial charge is 0.177 e. The van der Waals surface area contributed by atoms with Gasteiger partial charge in [0.15, 0.2) is 0 Å². The van der Waals surface area contributed by atoms with E-state index in [0.29, 0.717) is 0 Å². The lowest BCUT2D eigenvalue weighted by atomic mass is 10.2. The highest BCUT2D eigenvalue weighted by molar-refractivity contribution is 6.99. The average Bonchev–Trinajstić information content (AvgIpc) is 2.61. The number of hydrogen-bond acceptors (Lipinski definition) is 3. The second kappa shape index (κ2) is 5.70. The third-order valence-corrected chi connectivity index (χ3v) is 2.59. The highest BCUT2D eigenvalue weighted by atomic mass is 32.1. The molecule has 76 valence electrons. The van der Waals surface area contributed by atoms with Gasteiger partial charge in [0.1, 0.15) is 5.69 Å². The van der Waals surface area contributed by atoms with Crippen molar-refractivity contribution in [2.24, 2.45) is 0 Å². The molecular formula is C11H16N2S. The molecule has 1 aliphatic carbocycles. The van der Waals surface area contributed by atoms with Crippen molar-refractivity contribution in [1.82, 2.24) is 8.75 Å². The Bertz CT molecular complexity index is 337. The summed E-state index contributed by atoms with van der Waals surface area (Å²) < 4.78 is 8.42. The van der Waals surface area contributed by atoms with Gasteiger partial charge in [-0.25, -0.2) is 0 Å². The van der Waals surface area contributed by atoms with Crippen LogP contribution in [0.2, 0.25) is 0 Å². The normalized spacial score (nSPS) is 13.5. The van der Waals surface area contributed by atoms with E-state index in [4.69, 9.17) is 0 Å². The number of fused-ring (bicyclic) bond motifs is 1. The smallest absolute Gasteiger partial charge is 0.100 e. The summed E-state index contributed by atoms with van der Waals surface area (Å²) in [6.07, 6.45) is 8.43. The number of allylic oxidation sites excluding steroid dienone is 3. The van der Waals surface area contributed by atoms with Gasteiger partial charge < -0.3 is 0 Å². The Hall–Kier alpha value is -0.960. The molecule has 0 saturated heterocycles.